The van der Waals surface area contributed by atoms with E-state index in [1.807, 2.05) is 6.07 Å². The highest BCUT2D eigenvalue weighted by Crippen LogP contribution is 2.19. The summed E-state index contributed by atoms with van der Waals surface area (Å²) < 4.78 is 0.724. The topological polar surface area (TPSA) is 70.2 Å². The van der Waals surface area contributed by atoms with Crippen LogP contribution in [0.5, 0.6) is 0 Å². The maximum absolute atomic E-state index is 12.2. The number of carbonyl (C=O) groups is 2. The molecule has 3 N–H and O–H groups in total. The quantitative estimate of drug-likeness (QED) is 0.795. The van der Waals surface area contributed by atoms with E-state index in [1.165, 1.54) is 7.05 Å². The molecule has 2 aromatic carbocycles. The van der Waals surface area contributed by atoms with Gasteiger partial charge in [-0.1, -0.05) is 18.2 Å². The van der Waals surface area contributed by atoms with Crippen LogP contribution in [0.3, 0.4) is 0 Å². The summed E-state index contributed by atoms with van der Waals surface area (Å²) in [5.74, 6) is -0.223. The Morgan fingerprint density at radius 3 is 2.29 bits per heavy atom. The minimum atomic E-state index is -0.315. The van der Waals surface area contributed by atoms with Crippen molar-refractivity contribution >= 4 is 39.2 Å². The molecule has 0 heterocycles. The number of hydrogen-bond acceptors (Lipinski definition) is 2. The van der Waals surface area contributed by atoms with Crippen LogP contribution in [0, 0.1) is 0 Å². The van der Waals surface area contributed by atoms with Crippen molar-refractivity contribution in [3.8, 4) is 0 Å². The number of rotatable bonds is 3. The molecule has 0 aliphatic heterocycles. The van der Waals surface area contributed by atoms with Gasteiger partial charge in [0.2, 0.25) is 0 Å². The Balaban J connectivity index is 2.13. The van der Waals surface area contributed by atoms with Gasteiger partial charge in [-0.15, -0.1) is 0 Å². The average molecular weight is 348 g/mol. The van der Waals surface area contributed by atoms with Crippen LogP contribution in [-0.4, -0.2) is 19.0 Å². The van der Waals surface area contributed by atoms with E-state index in [4.69, 9.17) is 0 Å². The molecule has 0 bridgehead atoms. The van der Waals surface area contributed by atoms with Gasteiger partial charge in [0.1, 0.15) is 0 Å². The van der Waals surface area contributed by atoms with Crippen molar-refractivity contribution in [2.45, 2.75) is 0 Å². The van der Waals surface area contributed by atoms with Crippen molar-refractivity contribution in [3.63, 3.8) is 0 Å². The molecule has 0 aliphatic carbocycles. The lowest BCUT2D eigenvalue weighted by molar-refractivity contribution is 0.102. The first kappa shape index (κ1) is 15.1. The van der Waals surface area contributed by atoms with E-state index in [0.717, 1.165) is 4.47 Å². The number of anilines is 2. The lowest BCUT2D eigenvalue weighted by atomic mass is 10.2. The van der Waals surface area contributed by atoms with E-state index in [2.05, 4.69) is 31.9 Å². The van der Waals surface area contributed by atoms with E-state index in [-0.39, 0.29) is 11.9 Å². The molecule has 2 aromatic rings. The van der Waals surface area contributed by atoms with E-state index in [0.29, 0.717) is 16.9 Å². The Bertz CT molecular complexity index is 673. The Morgan fingerprint density at radius 1 is 0.952 bits per heavy atom. The first-order chi connectivity index (χ1) is 10.1. The Morgan fingerprint density at radius 2 is 1.62 bits per heavy atom. The fourth-order valence-electron chi connectivity index (χ4n) is 1.71. The van der Waals surface area contributed by atoms with Crippen molar-refractivity contribution < 1.29 is 9.59 Å². The Hall–Kier alpha value is -2.34. The second-order valence-corrected chi connectivity index (χ2v) is 5.07. The van der Waals surface area contributed by atoms with Gasteiger partial charge in [-0.3, -0.25) is 4.79 Å². The standard InChI is InChI=1S/C15H14BrN3O2/c1-17-15(21)19-11-6-4-5-10(9-11)18-14(20)12-7-2-3-8-13(12)16/h2-9H,1H3,(H,18,20)(H2,17,19,21). The number of halogens is 1. The number of benzene rings is 2. The van der Waals surface area contributed by atoms with Gasteiger partial charge in [-0.05, 0) is 46.3 Å². The van der Waals surface area contributed by atoms with Crippen LogP contribution in [-0.2, 0) is 0 Å². The summed E-state index contributed by atoms with van der Waals surface area (Å²) in [5.41, 5.74) is 1.74. The number of hydrogen-bond donors (Lipinski definition) is 3. The minimum absolute atomic E-state index is 0.223. The molecule has 0 aromatic heterocycles. The molecule has 2 rings (SSSR count). The summed E-state index contributed by atoms with van der Waals surface area (Å²) in [7, 11) is 1.54. The fourth-order valence-corrected chi connectivity index (χ4v) is 2.18. The predicted molar refractivity (Wildman–Crippen MR) is 86.6 cm³/mol. The molecule has 21 heavy (non-hydrogen) atoms. The molecule has 0 aliphatic rings. The summed E-state index contributed by atoms with van der Waals surface area (Å²) in [5, 5.41) is 7.90. The number of carbonyl (C=O) groups excluding carboxylic acids is 2. The van der Waals surface area contributed by atoms with E-state index >= 15 is 0 Å². The zero-order chi connectivity index (χ0) is 15.2. The Labute approximate surface area is 130 Å². The summed E-state index contributed by atoms with van der Waals surface area (Å²) >= 11 is 3.34. The zero-order valence-electron chi connectivity index (χ0n) is 11.3. The molecule has 0 spiro atoms. The van der Waals surface area contributed by atoms with Crippen LogP contribution in [0.2, 0.25) is 0 Å². The molecule has 0 unspecified atom stereocenters. The largest absolute Gasteiger partial charge is 0.341 e. The molecule has 0 saturated carbocycles. The van der Waals surface area contributed by atoms with Crippen molar-refractivity contribution in [1.82, 2.24) is 5.32 Å². The highest BCUT2D eigenvalue weighted by molar-refractivity contribution is 9.10. The molecule has 108 valence electrons. The van der Waals surface area contributed by atoms with Gasteiger partial charge < -0.3 is 16.0 Å². The molecule has 0 atom stereocenters. The van der Waals surface area contributed by atoms with Crippen molar-refractivity contribution in [3.05, 3.63) is 58.6 Å². The highest BCUT2D eigenvalue weighted by atomic mass is 79.9. The van der Waals surface area contributed by atoms with Crippen molar-refractivity contribution in [2.24, 2.45) is 0 Å². The lowest BCUT2D eigenvalue weighted by Crippen LogP contribution is -2.24. The average Bonchev–Trinajstić information content (AvgIpc) is 2.47. The van der Waals surface area contributed by atoms with Gasteiger partial charge >= 0.3 is 6.03 Å². The number of urea groups is 1. The summed E-state index contributed by atoms with van der Waals surface area (Å²) in [4.78, 5) is 23.4. The molecule has 0 saturated heterocycles. The SMILES string of the molecule is CNC(=O)Nc1cccc(NC(=O)c2ccccc2Br)c1. The molecule has 0 fully saturated rings. The number of amides is 3. The highest BCUT2D eigenvalue weighted by Gasteiger charge is 2.09. The summed E-state index contributed by atoms with van der Waals surface area (Å²) in [6, 6.07) is 13.8. The number of nitrogens with one attached hydrogen (secondary N) is 3. The lowest BCUT2D eigenvalue weighted by Gasteiger charge is -2.09. The summed E-state index contributed by atoms with van der Waals surface area (Å²) in [6.45, 7) is 0. The first-order valence-electron chi connectivity index (χ1n) is 6.25. The van der Waals surface area contributed by atoms with Gasteiger partial charge in [0.25, 0.3) is 5.91 Å². The normalized spacial score (nSPS) is 9.81. The molecule has 3 amide bonds. The summed E-state index contributed by atoms with van der Waals surface area (Å²) in [6.07, 6.45) is 0. The van der Waals surface area contributed by atoms with Crippen LogP contribution in [0.15, 0.2) is 53.0 Å². The molecule has 0 radical (unpaired) electrons. The van der Waals surface area contributed by atoms with Crippen LogP contribution in [0.4, 0.5) is 16.2 Å². The van der Waals surface area contributed by atoms with E-state index < -0.39 is 0 Å². The van der Waals surface area contributed by atoms with Crippen LogP contribution < -0.4 is 16.0 Å². The monoisotopic (exact) mass is 347 g/mol. The molecule has 6 heteroatoms. The molecule has 5 nitrogen and oxygen atoms in total. The minimum Gasteiger partial charge on any atom is -0.341 e. The first-order valence-corrected chi connectivity index (χ1v) is 7.04. The van der Waals surface area contributed by atoms with E-state index in [1.54, 1.807) is 42.5 Å². The predicted octanol–water partition coefficient (Wildman–Crippen LogP) is 3.45. The third kappa shape index (κ3) is 4.06. The van der Waals surface area contributed by atoms with Crippen molar-refractivity contribution in [2.75, 3.05) is 17.7 Å². The van der Waals surface area contributed by atoms with Crippen LogP contribution in [0.1, 0.15) is 10.4 Å². The second-order valence-electron chi connectivity index (χ2n) is 4.22. The fraction of sp³-hybridized carbons (Fsp3) is 0.0667. The van der Waals surface area contributed by atoms with Crippen LogP contribution >= 0.6 is 15.9 Å². The van der Waals surface area contributed by atoms with Crippen LogP contribution in [0.25, 0.3) is 0 Å². The third-order valence-corrected chi connectivity index (χ3v) is 3.42. The van der Waals surface area contributed by atoms with E-state index in [9.17, 15) is 9.59 Å². The molecular weight excluding hydrogens is 334 g/mol. The van der Waals surface area contributed by atoms with Gasteiger partial charge in [0.15, 0.2) is 0 Å². The van der Waals surface area contributed by atoms with Gasteiger partial charge in [-0.25, -0.2) is 4.79 Å². The molecular formula is C15H14BrN3O2. The Kier molecular flexibility index (Phi) is 4.94. The van der Waals surface area contributed by atoms with Gasteiger partial charge in [0.05, 0.1) is 5.56 Å². The van der Waals surface area contributed by atoms with Gasteiger partial charge in [-0.2, -0.15) is 0 Å². The third-order valence-electron chi connectivity index (χ3n) is 2.72. The van der Waals surface area contributed by atoms with Crippen molar-refractivity contribution in [1.29, 1.82) is 0 Å². The van der Waals surface area contributed by atoms with Gasteiger partial charge in [0, 0.05) is 22.9 Å². The maximum Gasteiger partial charge on any atom is 0.318 e. The second kappa shape index (κ2) is 6.90. The smallest absolute Gasteiger partial charge is 0.318 e. The maximum atomic E-state index is 12.2. The zero-order valence-corrected chi connectivity index (χ0v) is 12.9.